The molecule has 3 heterocycles. The quantitative estimate of drug-likeness (QED) is 0.384. The van der Waals surface area contributed by atoms with Gasteiger partial charge in [-0.2, -0.15) is 13.2 Å². The number of benzene rings is 1. The second-order valence-electron chi connectivity index (χ2n) is 12.2. The number of fused-ring (bicyclic) bond motifs is 1. The first kappa shape index (κ1) is 28.5. The number of carbonyl (C=O) groups excluding carboxylic acids is 1. The maximum absolute atomic E-state index is 13.3. The molecule has 3 aromatic rings. The average Bonchev–Trinajstić information content (AvgIpc) is 3.61. The molecule has 10 heteroatoms. The molecule has 214 valence electrons. The smallest absolute Gasteiger partial charge is 0.378 e. The van der Waals surface area contributed by atoms with Crippen LogP contribution < -0.4 is 5.56 Å². The lowest BCUT2D eigenvalue weighted by Gasteiger charge is -2.24. The third kappa shape index (κ3) is 5.88. The standard InChI is InChI=1S/C30H34F3N3O3S/c1-28(2,3)10-9-18-14-23(40-17-18)29(11-12-29)27-34-22-8-5-13-36(16-21(22)25(38)35-27)26(39)24(37)19-6-4-7-20(15-19)30(31,32)33/h4,6-7,14-15,17,24,37H,5,8-13,16H2,1-3H3,(H,34,35,38)/t24-/m1/s1. The Balaban J connectivity index is 1.36. The van der Waals surface area contributed by atoms with Gasteiger partial charge in [-0.05, 0) is 78.6 Å². The van der Waals surface area contributed by atoms with Crippen molar-refractivity contribution in [3.8, 4) is 0 Å². The van der Waals surface area contributed by atoms with E-state index in [1.165, 1.54) is 21.4 Å². The molecule has 5 rings (SSSR count). The number of nitrogens with zero attached hydrogens (tertiary/aromatic N) is 2. The van der Waals surface area contributed by atoms with Crippen LogP contribution in [0.2, 0.25) is 0 Å². The normalized spacial score (nSPS) is 17.7. The van der Waals surface area contributed by atoms with Crippen molar-refractivity contribution in [2.45, 2.75) is 83.5 Å². The number of alkyl halides is 3. The first-order chi connectivity index (χ1) is 18.8. The summed E-state index contributed by atoms with van der Waals surface area (Å²) < 4.78 is 39.4. The molecule has 1 atom stereocenters. The number of aryl methyl sites for hydroxylation is 2. The molecule has 1 aliphatic heterocycles. The molecule has 0 radical (unpaired) electrons. The highest BCUT2D eigenvalue weighted by molar-refractivity contribution is 7.10. The molecule has 0 saturated heterocycles. The van der Waals surface area contributed by atoms with Crippen LogP contribution in [0, 0.1) is 5.41 Å². The minimum Gasteiger partial charge on any atom is -0.378 e. The Kier molecular flexibility index (Phi) is 7.46. The molecule has 0 bridgehead atoms. The van der Waals surface area contributed by atoms with Crippen molar-refractivity contribution in [3.05, 3.63) is 84.7 Å². The highest BCUT2D eigenvalue weighted by Crippen LogP contribution is 2.54. The zero-order valence-corrected chi connectivity index (χ0v) is 23.7. The van der Waals surface area contributed by atoms with Gasteiger partial charge in [-0.1, -0.05) is 32.9 Å². The predicted octanol–water partition coefficient (Wildman–Crippen LogP) is 5.92. The molecule has 1 saturated carbocycles. The summed E-state index contributed by atoms with van der Waals surface area (Å²) in [7, 11) is 0. The van der Waals surface area contributed by atoms with E-state index in [9.17, 15) is 27.9 Å². The van der Waals surface area contributed by atoms with E-state index in [0.29, 0.717) is 29.9 Å². The second-order valence-corrected chi connectivity index (χ2v) is 13.1. The fourth-order valence-corrected chi connectivity index (χ4v) is 6.45. The molecule has 1 aliphatic carbocycles. The third-order valence-corrected chi connectivity index (χ3v) is 9.04. The molecule has 1 amide bonds. The number of hydrogen-bond acceptors (Lipinski definition) is 5. The van der Waals surface area contributed by atoms with Crippen molar-refractivity contribution >= 4 is 17.2 Å². The number of aromatic nitrogens is 2. The molecule has 2 aromatic heterocycles. The van der Waals surface area contributed by atoms with Gasteiger partial charge in [0.25, 0.3) is 11.5 Å². The Hall–Kier alpha value is -2.98. The molecular weight excluding hydrogens is 539 g/mol. The van der Waals surface area contributed by atoms with Crippen LogP contribution in [0.4, 0.5) is 13.2 Å². The lowest BCUT2D eigenvalue weighted by Crippen LogP contribution is -2.36. The van der Waals surface area contributed by atoms with E-state index in [1.807, 2.05) is 0 Å². The Bertz CT molecular complexity index is 1470. The predicted molar refractivity (Wildman–Crippen MR) is 147 cm³/mol. The van der Waals surface area contributed by atoms with Crippen LogP contribution in [-0.2, 0) is 35.8 Å². The molecular formula is C30H34F3N3O3S. The van der Waals surface area contributed by atoms with Gasteiger partial charge in [-0.3, -0.25) is 9.59 Å². The molecule has 1 fully saturated rings. The van der Waals surface area contributed by atoms with Crippen LogP contribution >= 0.6 is 11.3 Å². The maximum atomic E-state index is 13.3. The van der Waals surface area contributed by atoms with Crippen molar-refractivity contribution in [1.82, 2.24) is 14.9 Å². The highest BCUT2D eigenvalue weighted by Gasteiger charge is 2.50. The van der Waals surface area contributed by atoms with E-state index in [0.717, 1.165) is 43.9 Å². The SMILES string of the molecule is CC(C)(C)CCc1csc(C2(c3nc4c(c(=O)[nH]3)CN(C(=O)[C@H](O)c3cccc(C(F)(F)F)c3)CCC4)CC2)c1. The fraction of sp³-hybridized carbons (Fsp3) is 0.500. The van der Waals surface area contributed by atoms with Crippen molar-refractivity contribution in [1.29, 1.82) is 0 Å². The monoisotopic (exact) mass is 573 g/mol. The average molecular weight is 574 g/mol. The number of amides is 1. The Morgan fingerprint density at radius 2 is 1.98 bits per heavy atom. The first-order valence-corrected chi connectivity index (χ1v) is 14.5. The van der Waals surface area contributed by atoms with Crippen molar-refractivity contribution in [3.63, 3.8) is 0 Å². The summed E-state index contributed by atoms with van der Waals surface area (Å²) in [4.78, 5) is 36.9. The number of hydrogen-bond donors (Lipinski definition) is 2. The van der Waals surface area contributed by atoms with E-state index in [2.05, 4.69) is 37.2 Å². The van der Waals surface area contributed by atoms with Crippen molar-refractivity contribution < 1.29 is 23.1 Å². The lowest BCUT2D eigenvalue weighted by molar-refractivity contribution is -0.142. The number of nitrogens with one attached hydrogen (secondary N) is 1. The van der Waals surface area contributed by atoms with Gasteiger partial charge in [0.05, 0.1) is 28.8 Å². The molecule has 40 heavy (non-hydrogen) atoms. The highest BCUT2D eigenvalue weighted by atomic mass is 32.1. The molecule has 0 unspecified atom stereocenters. The first-order valence-electron chi connectivity index (χ1n) is 13.6. The number of carbonyl (C=O) groups is 1. The van der Waals surface area contributed by atoms with Crippen molar-refractivity contribution in [2.24, 2.45) is 5.41 Å². The minimum absolute atomic E-state index is 0.0598. The largest absolute Gasteiger partial charge is 0.416 e. The number of aliphatic hydroxyl groups is 1. The summed E-state index contributed by atoms with van der Waals surface area (Å²) in [5.74, 6) is -0.0834. The van der Waals surface area contributed by atoms with Gasteiger partial charge in [0, 0.05) is 11.4 Å². The van der Waals surface area contributed by atoms with Gasteiger partial charge in [0.1, 0.15) is 5.82 Å². The Morgan fingerprint density at radius 1 is 1.23 bits per heavy atom. The van der Waals surface area contributed by atoms with E-state index in [1.54, 1.807) is 11.3 Å². The van der Waals surface area contributed by atoms with Gasteiger partial charge < -0.3 is 15.0 Å². The molecule has 0 spiro atoms. The number of aromatic amines is 1. The zero-order valence-electron chi connectivity index (χ0n) is 22.9. The minimum atomic E-state index is -4.59. The number of aliphatic hydroxyl groups excluding tert-OH is 1. The van der Waals surface area contributed by atoms with Gasteiger partial charge in [0.15, 0.2) is 6.10 Å². The van der Waals surface area contributed by atoms with Gasteiger partial charge in [-0.15, -0.1) is 11.3 Å². The molecule has 2 N–H and O–H groups in total. The van der Waals surface area contributed by atoms with Crippen LogP contribution in [0.25, 0.3) is 0 Å². The van der Waals surface area contributed by atoms with Crippen LogP contribution in [0.3, 0.4) is 0 Å². The van der Waals surface area contributed by atoms with E-state index < -0.39 is 23.8 Å². The Morgan fingerprint density at radius 3 is 2.65 bits per heavy atom. The summed E-state index contributed by atoms with van der Waals surface area (Å²) in [5.41, 5.74) is 0.863. The van der Waals surface area contributed by atoms with Crippen LogP contribution in [0.1, 0.15) is 91.2 Å². The second kappa shape index (κ2) is 10.4. The van der Waals surface area contributed by atoms with Crippen LogP contribution in [-0.4, -0.2) is 32.4 Å². The summed E-state index contributed by atoms with van der Waals surface area (Å²) >= 11 is 1.71. The summed E-state index contributed by atoms with van der Waals surface area (Å²) in [6.07, 6.45) is -1.45. The number of thiophene rings is 1. The maximum Gasteiger partial charge on any atom is 0.416 e. The number of rotatable bonds is 6. The summed E-state index contributed by atoms with van der Waals surface area (Å²) in [6.45, 7) is 6.89. The van der Waals surface area contributed by atoms with E-state index >= 15 is 0 Å². The van der Waals surface area contributed by atoms with E-state index in [4.69, 9.17) is 4.98 Å². The third-order valence-electron chi connectivity index (χ3n) is 7.86. The molecule has 6 nitrogen and oxygen atoms in total. The number of H-pyrrole nitrogens is 1. The van der Waals surface area contributed by atoms with Gasteiger partial charge >= 0.3 is 6.18 Å². The van der Waals surface area contributed by atoms with Crippen molar-refractivity contribution in [2.75, 3.05) is 6.54 Å². The molecule has 1 aromatic carbocycles. The molecule has 2 aliphatic rings. The fourth-order valence-electron chi connectivity index (χ4n) is 5.24. The summed E-state index contributed by atoms with van der Waals surface area (Å²) in [6, 6.07) is 6.37. The van der Waals surface area contributed by atoms with Gasteiger partial charge in [0.2, 0.25) is 0 Å². The summed E-state index contributed by atoms with van der Waals surface area (Å²) in [5, 5.41) is 12.8. The zero-order chi connectivity index (χ0) is 28.9. The van der Waals surface area contributed by atoms with Gasteiger partial charge in [-0.25, -0.2) is 4.98 Å². The number of halogens is 3. The van der Waals surface area contributed by atoms with E-state index in [-0.39, 0.29) is 35.0 Å². The lowest BCUT2D eigenvalue weighted by atomic mass is 9.89. The topological polar surface area (TPSA) is 86.3 Å². The Labute approximate surface area is 235 Å². The van der Waals surface area contributed by atoms with Crippen LogP contribution in [0.5, 0.6) is 0 Å². The van der Waals surface area contributed by atoms with Crippen LogP contribution in [0.15, 0.2) is 40.5 Å².